The van der Waals surface area contributed by atoms with Gasteiger partial charge in [-0.15, -0.1) is 0 Å². The van der Waals surface area contributed by atoms with Gasteiger partial charge in [0.1, 0.15) is 6.04 Å². The van der Waals surface area contributed by atoms with E-state index in [1.165, 1.54) is 6.08 Å². The first-order chi connectivity index (χ1) is 9.93. The predicted octanol–water partition coefficient (Wildman–Crippen LogP) is 0.867. The molecule has 0 aliphatic carbocycles. The lowest BCUT2D eigenvalue weighted by Gasteiger charge is -2.10. The number of primary amides is 1. The molecule has 0 fully saturated rings. The van der Waals surface area contributed by atoms with Gasteiger partial charge in [-0.25, -0.2) is 4.79 Å². The fraction of sp³-hybridized carbons (Fsp3) is 0.267. The standard InChI is InChI=1S/C15H18N2O4/c1-3-21-15(20)10(2)17-13(18)9-6-11-4-7-12(8-5-11)14(16)19/h4-10H,3H2,1-2H3,(H2,16,19)(H,17,18). The summed E-state index contributed by atoms with van der Waals surface area (Å²) in [5, 5.41) is 2.49. The molecule has 1 unspecified atom stereocenters. The van der Waals surface area contributed by atoms with Crippen LogP contribution in [0.3, 0.4) is 0 Å². The summed E-state index contributed by atoms with van der Waals surface area (Å²) in [6.45, 7) is 3.51. The maximum Gasteiger partial charge on any atom is 0.328 e. The molecule has 3 N–H and O–H groups in total. The van der Waals surface area contributed by atoms with E-state index in [-0.39, 0.29) is 6.61 Å². The van der Waals surface area contributed by atoms with Crippen molar-refractivity contribution in [3.05, 3.63) is 41.5 Å². The van der Waals surface area contributed by atoms with Gasteiger partial charge in [0.25, 0.3) is 0 Å². The zero-order valence-electron chi connectivity index (χ0n) is 12.0. The molecule has 1 aromatic carbocycles. The van der Waals surface area contributed by atoms with Crippen LogP contribution in [0.5, 0.6) is 0 Å². The van der Waals surface area contributed by atoms with Gasteiger partial charge in [-0.2, -0.15) is 0 Å². The maximum atomic E-state index is 11.6. The van der Waals surface area contributed by atoms with Crippen molar-refractivity contribution < 1.29 is 19.1 Å². The molecule has 0 radical (unpaired) electrons. The second-order valence-electron chi connectivity index (χ2n) is 4.30. The van der Waals surface area contributed by atoms with E-state index in [1.807, 2.05) is 0 Å². The molecule has 0 heterocycles. The fourth-order valence-electron chi connectivity index (χ4n) is 1.52. The van der Waals surface area contributed by atoms with Crippen molar-refractivity contribution in [1.82, 2.24) is 5.32 Å². The summed E-state index contributed by atoms with van der Waals surface area (Å²) in [6, 6.07) is 5.76. The molecular weight excluding hydrogens is 272 g/mol. The van der Waals surface area contributed by atoms with Crippen molar-refractivity contribution in [3.63, 3.8) is 0 Å². The Morgan fingerprint density at radius 2 is 1.90 bits per heavy atom. The smallest absolute Gasteiger partial charge is 0.328 e. The number of esters is 1. The lowest BCUT2D eigenvalue weighted by atomic mass is 10.1. The number of hydrogen-bond acceptors (Lipinski definition) is 4. The van der Waals surface area contributed by atoms with E-state index < -0.39 is 23.8 Å². The van der Waals surface area contributed by atoms with Gasteiger partial charge in [0.05, 0.1) is 6.61 Å². The highest BCUT2D eigenvalue weighted by atomic mass is 16.5. The summed E-state index contributed by atoms with van der Waals surface area (Å²) in [7, 11) is 0. The van der Waals surface area contributed by atoms with Crippen LogP contribution in [0.15, 0.2) is 30.3 Å². The quantitative estimate of drug-likeness (QED) is 0.600. The molecule has 0 saturated carbocycles. The van der Waals surface area contributed by atoms with Crippen molar-refractivity contribution in [3.8, 4) is 0 Å². The molecule has 1 aromatic rings. The van der Waals surface area contributed by atoms with Crippen LogP contribution in [0.25, 0.3) is 6.08 Å². The number of hydrogen-bond donors (Lipinski definition) is 2. The Bertz CT molecular complexity index is 549. The molecule has 0 spiro atoms. The number of nitrogens with one attached hydrogen (secondary N) is 1. The zero-order valence-corrected chi connectivity index (χ0v) is 12.0. The molecule has 2 amide bonds. The van der Waals surface area contributed by atoms with Crippen LogP contribution in [0, 0.1) is 0 Å². The number of carbonyl (C=O) groups is 3. The van der Waals surface area contributed by atoms with Gasteiger partial charge in [0.2, 0.25) is 11.8 Å². The van der Waals surface area contributed by atoms with E-state index in [0.29, 0.717) is 5.56 Å². The summed E-state index contributed by atoms with van der Waals surface area (Å²) in [5.74, 6) is -1.40. The monoisotopic (exact) mass is 290 g/mol. The predicted molar refractivity (Wildman–Crippen MR) is 78.2 cm³/mol. The minimum atomic E-state index is -0.709. The largest absolute Gasteiger partial charge is 0.464 e. The van der Waals surface area contributed by atoms with Crippen LogP contribution in [-0.4, -0.2) is 30.4 Å². The van der Waals surface area contributed by atoms with E-state index >= 15 is 0 Å². The maximum absolute atomic E-state index is 11.6. The van der Waals surface area contributed by atoms with Crippen molar-refractivity contribution in [2.24, 2.45) is 5.73 Å². The van der Waals surface area contributed by atoms with E-state index in [2.05, 4.69) is 5.32 Å². The SMILES string of the molecule is CCOC(=O)C(C)NC(=O)C=Cc1ccc(C(N)=O)cc1. The van der Waals surface area contributed by atoms with Gasteiger partial charge in [0, 0.05) is 11.6 Å². The fourth-order valence-corrected chi connectivity index (χ4v) is 1.52. The Labute approximate surface area is 123 Å². The first-order valence-corrected chi connectivity index (χ1v) is 6.49. The van der Waals surface area contributed by atoms with E-state index in [1.54, 1.807) is 44.2 Å². The second kappa shape index (κ2) is 7.84. The number of rotatable bonds is 6. The number of benzene rings is 1. The van der Waals surface area contributed by atoms with Gasteiger partial charge < -0.3 is 15.8 Å². The van der Waals surface area contributed by atoms with E-state index in [0.717, 1.165) is 5.56 Å². The minimum Gasteiger partial charge on any atom is -0.464 e. The topological polar surface area (TPSA) is 98.5 Å². The summed E-state index contributed by atoms with van der Waals surface area (Å²) < 4.78 is 4.78. The van der Waals surface area contributed by atoms with Crippen LogP contribution >= 0.6 is 0 Å². The summed E-state index contributed by atoms with van der Waals surface area (Å²) in [6.07, 6.45) is 2.87. The molecule has 21 heavy (non-hydrogen) atoms. The third-order valence-electron chi connectivity index (χ3n) is 2.62. The number of carbonyl (C=O) groups excluding carboxylic acids is 3. The lowest BCUT2D eigenvalue weighted by molar-refractivity contribution is -0.146. The lowest BCUT2D eigenvalue weighted by Crippen LogP contribution is -2.38. The van der Waals surface area contributed by atoms with Crippen molar-refractivity contribution in [1.29, 1.82) is 0 Å². The molecule has 0 aliphatic rings. The highest BCUT2D eigenvalue weighted by molar-refractivity contribution is 5.95. The third-order valence-corrected chi connectivity index (χ3v) is 2.62. The average Bonchev–Trinajstić information content (AvgIpc) is 2.45. The first-order valence-electron chi connectivity index (χ1n) is 6.49. The highest BCUT2D eigenvalue weighted by Gasteiger charge is 2.14. The Kier molecular flexibility index (Phi) is 6.13. The minimum absolute atomic E-state index is 0.265. The van der Waals surface area contributed by atoms with Gasteiger partial charge >= 0.3 is 5.97 Å². The molecule has 6 heteroatoms. The molecule has 0 saturated heterocycles. The van der Waals surface area contributed by atoms with Gasteiger partial charge in [-0.05, 0) is 37.6 Å². The van der Waals surface area contributed by atoms with E-state index in [4.69, 9.17) is 10.5 Å². The molecule has 1 atom stereocenters. The molecule has 0 aliphatic heterocycles. The Morgan fingerprint density at radius 3 is 2.43 bits per heavy atom. The van der Waals surface area contributed by atoms with Crippen molar-refractivity contribution in [2.45, 2.75) is 19.9 Å². The van der Waals surface area contributed by atoms with Gasteiger partial charge in [-0.3, -0.25) is 9.59 Å². The van der Waals surface area contributed by atoms with Gasteiger partial charge in [-0.1, -0.05) is 12.1 Å². The molecule has 0 aromatic heterocycles. The molecule has 0 bridgehead atoms. The van der Waals surface area contributed by atoms with Crippen LogP contribution in [0.1, 0.15) is 29.8 Å². The van der Waals surface area contributed by atoms with Crippen molar-refractivity contribution in [2.75, 3.05) is 6.61 Å². The van der Waals surface area contributed by atoms with Gasteiger partial charge in [0.15, 0.2) is 0 Å². The number of ether oxygens (including phenoxy) is 1. The molecule has 112 valence electrons. The van der Waals surface area contributed by atoms with Crippen LogP contribution in [-0.2, 0) is 14.3 Å². The average molecular weight is 290 g/mol. The van der Waals surface area contributed by atoms with Crippen LogP contribution in [0.2, 0.25) is 0 Å². The summed E-state index contributed by atoms with van der Waals surface area (Å²) in [5.41, 5.74) is 6.26. The van der Waals surface area contributed by atoms with Crippen LogP contribution in [0.4, 0.5) is 0 Å². The van der Waals surface area contributed by atoms with Crippen LogP contribution < -0.4 is 11.1 Å². The molecular formula is C15H18N2O4. The third kappa shape index (κ3) is 5.48. The Balaban J connectivity index is 2.57. The highest BCUT2D eigenvalue weighted by Crippen LogP contribution is 2.05. The number of amides is 2. The molecule has 6 nitrogen and oxygen atoms in total. The number of nitrogens with two attached hydrogens (primary N) is 1. The summed E-state index contributed by atoms with van der Waals surface area (Å²) in [4.78, 5) is 33.9. The van der Waals surface area contributed by atoms with E-state index in [9.17, 15) is 14.4 Å². The molecule has 1 rings (SSSR count). The first kappa shape index (κ1) is 16.4. The normalized spacial score (nSPS) is 11.9. The Hall–Kier alpha value is -2.63. The second-order valence-corrected chi connectivity index (χ2v) is 4.30. The Morgan fingerprint density at radius 1 is 1.29 bits per heavy atom. The van der Waals surface area contributed by atoms with Crippen molar-refractivity contribution >= 4 is 23.9 Å². The zero-order chi connectivity index (χ0) is 15.8. The summed E-state index contributed by atoms with van der Waals surface area (Å²) >= 11 is 0.